The van der Waals surface area contributed by atoms with Crippen LogP contribution in [0.25, 0.3) is 22.3 Å². The predicted molar refractivity (Wildman–Crippen MR) is 108 cm³/mol. The van der Waals surface area contributed by atoms with Crippen LogP contribution in [0.2, 0.25) is 0 Å². The van der Waals surface area contributed by atoms with Crippen LogP contribution in [-0.4, -0.2) is 26.7 Å². The topological polar surface area (TPSA) is 59.8 Å². The Bertz CT molecular complexity index is 1010. The zero-order valence-corrected chi connectivity index (χ0v) is 16.4. The van der Waals surface area contributed by atoms with Gasteiger partial charge >= 0.3 is 0 Å². The Hall–Kier alpha value is -2.83. The lowest BCUT2D eigenvalue weighted by Crippen LogP contribution is -2.38. The summed E-state index contributed by atoms with van der Waals surface area (Å²) in [4.78, 5) is 17.2. The molecule has 1 amide bonds. The molecule has 1 aliphatic carbocycles. The molecule has 1 N–H and O–H groups in total. The maximum atomic E-state index is 13.8. The molecule has 5 nitrogen and oxygen atoms in total. The third kappa shape index (κ3) is 4.13. The van der Waals surface area contributed by atoms with Gasteiger partial charge in [0.05, 0.1) is 16.8 Å². The van der Waals surface area contributed by atoms with Crippen molar-refractivity contribution < 1.29 is 13.6 Å². The molecule has 0 aliphatic heterocycles. The number of amides is 1. The number of carbonyl (C=O) groups excluding carboxylic acids is 1. The van der Waals surface area contributed by atoms with Crippen LogP contribution in [0.15, 0.2) is 36.4 Å². The van der Waals surface area contributed by atoms with Gasteiger partial charge in [-0.05, 0) is 25.8 Å². The Kier molecular flexibility index (Phi) is 5.56. The molecule has 1 aliphatic rings. The molecule has 2 aromatic heterocycles. The average molecular weight is 398 g/mol. The molecule has 29 heavy (non-hydrogen) atoms. The first-order valence-corrected chi connectivity index (χ1v) is 10.0. The number of aromatic nitrogens is 3. The van der Waals surface area contributed by atoms with Gasteiger partial charge in [0, 0.05) is 17.2 Å². The van der Waals surface area contributed by atoms with Gasteiger partial charge in [-0.25, -0.2) is 18.4 Å². The van der Waals surface area contributed by atoms with Crippen molar-refractivity contribution in [1.82, 2.24) is 20.1 Å². The molecule has 0 atom stereocenters. The number of aryl methyl sites for hydroxylation is 1. The lowest BCUT2D eigenvalue weighted by molar-refractivity contribution is -0.122. The lowest BCUT2D eigenvalue weighted by atomic mass is 9.95. The fourth-order valence-electron chi connectivity index (χ4n) is 4.08. The van der Waals surface area contributed by atoms with Crippen molar-refractivity contribution in [2.45, 2.75) is 58.0 Å². The van der Waals surface area contributed by atoms with E-state index < -0.39 is 6.43 Å². The summed E-state index contributed by atoms with van der Waals surface area (Å²) in [6, 6.07) is 10.8. The van der Waals surface area contributed by atoms with Crippen LogP contribution in [0, 0.1) is 6.92 Å². The van der Waals surface area contributed by atoms with Gasteiger partial charge in [-0.2, -0.15) is 5.10 Å². The predicted octanol–water partition coefficient (Wildman–Crippen LogP) is 4.79. The maximum Gasteiger partial charge on any atom is 0.264 e. The third-order valence-electron chi connectivity index (χ3n) is 5.48. The van der Waals surface area contributed by atoms with Crippen molar-refractivity contribution in [2.75, 3.05) is 0 Å². The first kappa shape index (κ1) is 19.5. The zero-order valence-electron chi connectivity index (χ0n) is 16.4. The number of rotatable bonds is 5. The molecular formula is C22H24F2N4O. The van der Waals surface area contributed by atoms with Crippen molar-refractivity contribution in [2.24, 2.45) is 0 Å². The van der Waals surface area contributed by atoms with Crippen molar-refractivity contribution in [3.63, 3.8) is 0 Å². The van der Waals surface area contributed by atoms with Gasteiger partial charge in [0.2, 0.25) is 5.91 Å². The van der Waals surface area contributed by atoms with Gasteiger partial charge < -0.3 is 5.32 Å². The van der Waals surface area contributed by atoms with E-state index in [1.54, 1.807) is 6.92 Å². The molecule has 0 saturated heterocycles. The summed E-state index contributed by atoms with van der Waals surface area (Å²) < 4.78 is 29.1. The van der Waals surface area contributed by atoms with E-state index in [0.29, 0.717) is 22.4 Å². The molecular weight excluding hydrogens is 374 g/mol. The number of pyridine rings is 1. The van der Waals surface area contributed by atoms with Gasteiger partial charge in [-0.15, -0.1) is 0 Å². The summed E-state index contributed by atoms with van der Waals surface area (Å²) in [5.74, 6) is -0.160. The molecule has 152 valence electrons. The van der Waals surface area contributed by atoms with E-state index in [-0.39, 0.29) is 24.1 Å². The first-order chi connectivity index (χ1) is 14.0. The summed E-state index contributed by atoms with van der Waals surface area (Å²) >= 11 is 0. The Balaban J connectivity index is 1.70. The van der Waals surface area contributed by atoms with Crippen LogP contribution in [0.4, 0.5) is 8.78 Å². The minimum absolute atomic E-state index is 0.0330. The highest BCUT2D eigenvalue weighted by atomic mass is 19.3. The maximum absolute atomic E-state index is 13.8. The standard InChI is InChI=1S/C22H24F2N4O/c1-14-20-17(21(23)24)12-18(15-8-4-2-5-9-15)26-22(20)28(27-14)13-19(29)25-16-10-6-3-7-11-16/h2,4-5,8-9,12,16,21H,3,6-7,10-11,13H2,1H3,(H,25,29). The summed E-state index contributed by atoms with van der Waals surface area (Å²) in [5, 5.41) is 7.73. The average Bonchev–Trinajstić information content (AvgIpc) is 3.04. The number of benzene rings is 1. The normalized spacial score (nSPS) is 15.2. The second kappa shape index (κ2) is 8.27. The quantitative estimate of drug-likeness (QED) is 0.672. The molecule has 0 unspecified atom stereocenters. The van der Waals surface area contributed by atoms with E-state index in [9.17, 15) is 13.6 Å². The zero-order chi connectivity index (χ0) is 20.4. The smallest absolute Gasteiger partial charge is 0.264 e. The second-order valence-corrected chi connectivity index (χ2v) is 7.61. The van der Waals surface area contributed by atoms with Crippen LogP contribution >= 0.6 is 0 Å². The van der Waals surface area contributed by atoms with Crippen LogP contribution in [-0.2, 0) is 11.3 Å². The van der Waals surface area contributed by atoms with Crippen molar-refractivity contribution >= 4 is 16.9 Å². The van der Waals surface area contributed by atoms with Crippen LogP contribution in [0.5, 0.6) is 0 Å². The van der Waals surface area contributed by atoms with Gasteiger partial charge in [-0.3, -0.25) is 4.79 Å². The number of carbonyl (C=O) groups is 1. The van der Waals surface area contributed by atoms with Crippen LogP contribution in [0.1, 0.15) is 49.8 Å². The van der Waals surface area contributed by atoms with E-state index >= 15 is 0 Å². The number of hydrogen-bond acceptors (Lipinski definition) is 3. The molecule has 4 rings (SSSR count). The van der Waals surface area contributed by atoms with Crippen molar-refractivity contribution in [3.8, 4) is 11.3 Å². The number of nitrogens with zero attached hydrogens (tertiary/aromatic N) is 3. The Morgan fingerprint density at radius 1 is 1.21 bits per heavy atom. The van der Waals surface area contributed by atoms with Crippen molar-refractivity contribution in [3.05, 3.63) is 47.7 Å². The molecule has 0 bridgehead atoms. The number of hydrogen-bond donors (Lipinski definition) is 1. The molecule has 1 saturated carbocycles. The minimum atomic E-state index is -2.66. The molecule has 0 radical (unpaired) electrons. The summed E-state index contributed by atoms with van der Waals surface area (Å²) in [5.41, 5.74) is 1.85. The monoisotopic (exact) mass is 398 g/mol. The highest BCUT2D eigenvalue weighted by Gasteiger charge is 2.23. The summed E-state index contributed by atoms with van der Waals surface area (Å²) in [7, 11) is 0. The molecule has 1 fully saturated rings. The van der Waals surface area contributed by atoms with E-state index in [2.05, 4.69) is 15.4 Å². The van der Waals surface area contributed by atoms with Gasteiger partial charge in [0.15, 0.2) is 5.65 Å². The highest BCUT2D eigenvalue weighted by Crippen LogP contribution is 2.33. The first-order valence-electron chi connectivity index (χ1n) is 10.0. The number of nitrogens with one attached hydrogen (secondary N) is 1. The number of fused-ring (bicyclic) bond motifs is 1. The Labute approximate surface area is 168 Å². The SMILES string of the molecule is Cc1nn(CC(=O)NC2CCCCC2)c2nc(-c3ccccc3)cc(C(F)F)c12. The Morgan fingerprint density at radius 2 is 1.93 bits per heavy atom. The number of alkyl halides is 2. The molecule has 0 spiro atoms. The largest absolute Gasteiger partial charge is 0.352 e. The van der Waals surface area contributed by atoms with Gasteiger partial charge in [0.25, 0.3) is 6.43 Å². The third-order valence-corrected chi connectivity index (χ3v) is 5.48. The highest BCUT2D eigenvalue weighted by molar-refractivity contribution is 5.87. The van der Waals surface area contributed by atoms with Gasteiger partial charge in [-0.1, -0.05) is 49.6 Å². The van der Waals surface area contributed by atoms with E-state index in [1.807, 2.05) is 30.3 Å². The Morgan fingerprint density at radius 3 is 2.62 bits per heavy atom. The van der Waals surface area contributed by atoms with Crippen LogP contribution in [0.3, 0.4) is 0 Å². The molecule has 2 heterocycles. The fraction of sp³-hybridized carbons (Fsp3) is 0.409. The van der Waals surface area contributed by atoms with E-state index in [1.165, 1.54) is 17.2 Å². The van der Waals surface area contributed by atoms with Crippen molar-refractivity contribution in [1.29, 1.82) is 0 Å². The van der Waals surface area contributed by atoms with E-state index in [4.69, 9.17) is 0 Å². The number of halogens is 2. The summed E-state index contributed by atoms with van der Waals surface area (Å²) in [6.07, 6.45) is 2.75. The minimum Gasteiger partial charge on any atom is -0.352 e. The fourth-order valence-corrected chi connectivity index (χ4v) is 4.08. The second-order valence-electron chi connectivity index (χ2n) is 7.61. The van der Waals surface area contributed by atoms with E-state index in [0.717, 1.165) is 31.2 Å². The molecule has 3 aromatic rings. The molecule has 1 aromatic carbocycles. The summed E-state index contributed by atoms with van der Waals surface area (Å²) in [6.45, 7) is 1.64. The van der Waals surface area contributed by atoms with Crippen LogP contribution < -0.4 is 5.32 Å². The van der Waals surface area contributed by atoms with Gasteiger partial charge in [0.1, 0.15) is 6.54 Å². The lowest BCUT2D eigenvalue weighted by Gasteiger charge is -2.22. The molecule has 7 heteroatoms.